The quantitative estimate of drug-likeness (QED) is 0.747. The number of hydrogen-bond acceptors (Lipinski definition) is 2. The summed E-state index contributed by atoms with van der Waals surface area (Å²) in [5.74, 6) is 0.993. The van der Waals surface area contributed by atoms with Crippen LogP contribution in [-0.4, -0.2) is 30.4 Å². The normalized spacial score (nSPS) is 27.5. The van der Waals surface area contributed by atoms with Crippen LogP contribution in [0.4, 0.5) is 0 Å². The SMILES string of the molecule is CCCC1CC(=O)N(CC2(CCN)CC2)C1. The van der Waals surface area contributed by atoms with E-state index in [4.69, 9.17) is 5.73 Å². The van der Waals surface area contributed by atoms with Gasteiger partial charge in [0.1, 0.15) is 0 Å². The molecule has 0 aromatic heterocycles. The molecule has 92 valence electrons. The Balaban J connectivity index is 1.84. The maximum Gasteiger partial charge on any atom is 0.222 e. The van der Waals surface area contributed by atoms with E-state index in [0.717, 1.165) is 32.5 Å². The molecule has 1 amide bonds. The van der Waals surface area contributed by atoms with Crippen LogP contribution in [0.5, 0.6) is 0 Å². The van der Waals surface area contributed by atoms with Crippen molar-refractivity contribution in [3.8, 4) is 0 Å². The summed E-state index contributed by atoms with van der Waals surface area (Å²) in [5, 5.41) is 0. The van der Waals surface area contributed by atoms with Gasteiger partial charge in [0.15, 0.2) is 0 Å². The summed E-state index contributed by atoms with van der Waals surface area (Å²) < 4.78 is 0. The van der Waals surface area contributed by atoms with Gasteiger partial charge in [0, 0.05) is 19.5 Å². The summed E-state index contributed by atoms with van der Waals surface area (Å²) in [4.78, 5) is 14.0. The summed E-state index contributed by atoms with van der Waals surface area (Å²) in [6.45, 7) is 4.94. The Kier molecular flexibility index (Phi) is 3.53. The van der Waals surface area contributed by atoms with E-state index < -0.39 is 0 Å². The molecule has 1 unspecified atom stereocenters. The van der Waals surface area contributed by atoms with E-state index in [1.165, 1.54) is 25.7 Å². The van der Waals surface area contributed by atoms with Gasteiger partial charge < -0.3 is 10.6 Å². The standard InChI is InChI=1S/C13H24N2O/c1-2-3-11-8-12(16)15(9-11)10-13(4-5-13)6-7-14/h11H,2-10,14H2,1H3. The molecule has 1 saturated heterocycles. The second-order valence-electron chi connectivity index (χ2n) is 5.67. The maximum absolute atomic E-state index is 11.9. The summed E-state index contributed by atoms with van der Waals surface area (Å²) in [6, 6.07) is 0. The predicted molar refractivity (Wildman–Crippen MR) is 64.9 cm³/mol. The van der Waals surface area contributed by atoms with Crippen molar-refractivity contribution in [3.63, 3.8) is 0 Å². The zero-order valence-electron chi connectivity index (χ0n) is 10.4. The van der Waals surface area contributed by atoms with Gasteiger partial charge in [-0.2, -0.15) is 0 Å². The average molecular weight is 224 g/mol. The fourth-order valence-electron chi connectivity index (χ4n) is 2.98. The molecule has 16 heavy (non-hydrogen) atoms. The van der Waals surface area contributed by atoms with Crippen LogP contribution in [-0.2, 0) is 4.79 Å². The van der Waals surface area contributed by atoms with Gasteiger partial charge in [0.05, 0.1) is 0 Å². The van der Waals surface area contributed by atoms with Gasteiger partial charge in [0.2, 0.25) is 5.91 Å². The second-order valence-corrected chi connectivity index (χ2v) is 5.67. The van der Waals surface area contributed by atoms with Gasteiger partial charge in [-0.25, -0.2) is 0 Å². The Bertz CT molecular complexity index is 261. The lowest BCUT2D eigenvalue weighted by molar-refractivity contribution is -0.128. The molecule has 0 aromatic carbocycles. The van der Waals surface area contributed by atoms with Crippen molar-refractivity contribution in [2.75, 3.05) is 19.6 Å². The summed E-state index contributed by atoms with van der Waals surface area (Å²) >= 11 is 0. The third-order valence-electron chi connectivity index (χ3n) is 4.15. The van der Waals surface area contributed by atoms with E-state index >= 15 is 0 Å². The van der Waals surface area contributed by atoms with Crippen molar-refractivity contribution in [3.05, 3.63) is 0 Å². The number of likely N-dealkylation sites (tertiary alicyclic amines) is 1. The lowest BCUT2D eigenvalue weighted by Crippen LogP contribution is -2.32. The van der Waals surface area contributed by atoms with Crippen LogP contribution < -0.4 is 5.73 Å². The van der Waals surface area contributed by atoms with Crippen LogP contribution in [0, 0.1) is 11.3 Å². The van der Waals surface area contributed by atoms with E-state index in [1.54, 1.807) is 0 Å². The van der Waals surface area contributed by atoms with Crippen LogP contribution in [0.25, 0.3) is 0 Å². The molecule has 0 spiro atoms. The van der Waals surface area contributed by atoms with Crippen molar-refractivity contribution in [1.82, 2.24) is 4.90 Å². The predicted octanol–water partition coefficient (Wildman–Crippen LogP) is 1.76. The molecule has 3 heteroatoms. The third kappa shape index (κ3) is 2.57. The number of carbonyl (C=O) groups excluding carboxylic acids is 1. The van der Waals surface area contributed by atoms with Crippen molar-refractivity contribution in [1.29, 1.82) is 0 Å². The minimum Gasteiger partial charge on any atom is -0.342 e. The highest BCUT2D eigenvalue weighted by molar-refractivity contribution is 5.78. The van der Waals surface area contributed by atoms with Gasteiger partial charge in [-0.3, -0.25) is 4.79 Å². The Morgan fingerprint density at radius 3 is 2.81 bits per heavy atom. The molecule has 1 heterocycles. The highest BCUT2D eigenvalue weighted by atomic mass is 16.2. The first-order valence-electron chi connectivity index (χ1n) is 6.67. The molecule has 2 rings (SSSR count). The van der Waals surface area contributed by atoms with Crippen molar-refractivity contribution < 1.29 is 4.79 Å². The fourth-order valence-corrected chi connectivity index (χ4v) is 2.98. The van der Waals surface area contributed by atoms with Crippen molar-refractivity contribution in [2.24, 2.45) is 17.1 Å². The molecule has 0 bridgehead atoms. The molecule has 2 fully saturated rings. The van der Waals surface area contributed by atoms with Crippen molar-refractivity contribution >= 4 is 5.91 Å². The van der Waals surface area contributed by atoms with Gasteiger partial charge in [-0.15, -0.1) is 0 Å². The van der Waals surface area contributed by atoms with Crippen LogP contribution in [0.2, 0.25) is 0 Å². The lowest BCUT2D eigenvalue weighted by atomic mass is 10.0. The van der Waals surface area contributed by atoms with Crippen LogP contribution in [0.15, 0.2) is 0 Å². The zero-order valence-corrected chi connectivity index (χ0v) is 10.4. The first-order valence-corrected chi connectivity index (χ1v) is 6.67. The van der Waals surface area contributed by atoms with Crippen LogP contribution in [0.3, 0.4) is 0 Å². The first-order chi connectivity index (χ1) is 7.69. The van der Waals surface area contributed by atoms with E-state index in [-0.39, 0.29) is 0 Å². The minimum atomic E-state index is 0.377. The molecule has 1 saturated carbocycles. The average Bonchev–Trinajstić information content (AvgIpc) is 2.89. The Morgan fingerprint density at radius 1 is 1.50 bits per heavy atom. The van der Waals surface area contributed by atoms with Crippen LogP contribution in [0.1, 0.15) is 45.4 Å². The monoisotopic (exact) mass is 224 g/mol. The highest BCUT2D eigenvalue weighted by Gasteiger charge is 2.45. The molecule has 0 aromatic rings. The largest absolute Gasteiger partial charge is 0.342 e. The number of nitrogens with zero attached hydrogens (tertiary/aromatic N) is 1. The topological polar surface area (TPSA) is 46.3 Å². The molecule has 2 aliphatic rings. The zero-order chi connectivity index (χ0) is 11.6. The van der Waals surface area contributed by atoms with Gasteiger partial charge in [-0.1, -0.05) is 13.3 Å². The molecule has 3 nitrogen and oxygen atoms in total. The molecular weight excluding hydrogens is 200 g/mol. The van der Waals surface area contributed by atoms with E-state index in [2.05, 4.69) is 11.8 Å². The third-order valence-corrected chi connectivity index (χ3v) is 4.15. The number of nitrogens with two attached hydrogens (primary N) is 1. The van der Waals surface area contributed by atoms with E-state index in [9.17, 15) is 4.79 Å². The van der Waals surface area contributed by atoms with Gasteiger partial charge in [-0.05, 0) is 43.6 Å². The number of carbonyl (C=O) groups is 1. The first kappa shape index (κ1) is 11.9. The number of hydrogen-bond donors (Lipinski definition) is 1. The lowest BCUT2D eigenvalue weighted by Gasteiger charge is -2.23. The second kappa shape index (κ2) is 4.74. The van der Waals surface area contributed by atoms with Crippen LogP contribution >= 0.6 is 0 Å². The Hall–Kier alpha value is -0.570. The molecule has 1 aliphatic carbocycles. The maximum atomic E-state index is 11.9. The van der Waals surface area contributed by atoms with E-state index in [0.29, 0.717) is 17.2 Å². The Morgan fingerprint density at radius 2 is 2.25 bits per heavy atom. The Labute approximate surface area is 98.4 Å². The summed E-state index contributed by atoms with van der Waals surface area (Å²) in [7, 11) is 0. The molecule has 1 atom stereocenters. The highest BCUT2D eigenvalue weighted by Crippen LogP contribution is 2.49. The van der Waals surface area contributed by atoms with Gasteiger partial charge in [0.25, 0.3) is 0 Å². The van der Waals surface area contributed by atoms with Crippen molar-refractivity contribution in [2.45, 2.75) is 45.4 Å². The molecule has 1 aliphatic heterocycles. The van der Waals surface area contributed by atoms with Gasteiger partial charge >= 0.3 is 0 Å². The molecular formula is C13H24N2O. The summed E-state index contributed by atoms with van der Waals surface area (Å²) in [5.41, 5.74) is 6.04. The smallest absolute Gasteiger partial charge is 0.222 e. The molecule has 2 N–H and O–H groups in total. The fraction of sp³-hybridized carbons (Fsp3) is 0.923. The number of amides is 1. The van der Waals surface area contributed by atoms with E-state index in [1.807, 2.05) is 0 Å². The number of rotatable bonds is 6. The minimum absolute atomic E-state index is 0.377. The molecule has 0 radical (unpaired) electrons. The summed E-state index contributed by atoms with van der Waals surface area (Å²) in [6.07, 6.45) is 6.81.